The number of nitrogens with one attached hydrogen (secondary N) is 2. The summed E-state index contributed by atoms with van der Waals surface area (Å²) in [5, 5.41) is 6.13. The van der Waals surface area contributed by atoms with Crippen molar-refractivity contribution in [2.75, 3.05) is 45.7 Å². The molecule has 1 aliphatic rings. The molecule has 2 aromatic rings. The second-order valence-corrected chi connectivity index (χ2v) is 6.07. The van der Waals surface area contributed by atoms with E-state index in [0.717, 1.165) is 25.0 Å². The molecule has 136 valence electrons. The van der Waals surface area contributed by atoms with Gasteiger partial charge in [0.15, 0.2) is 11.5 Å². The molecule has 0 saturated carbocycles. The molecule has 0 atom stereocenters. The van der Waals surface area contributed by atoms with Gasteiger partial charge < -0.3 is 24.5 Å². The molecule has 0 spiro atoms. The average Bonchev–Trinajstić information content (AvgIpc) is 3.10. The predicted octanol–water partition coefficient (Wildman–Crippen LogP) is 3.06. The van der Waals surface area contributed by atoms with Crippen LogP contribution in [-0.4, -0.2) is 51.3 Å². The van der Waals surface area contributed by atoms with E-state index < -0.39 is 0 Å². The largest absolute Gasteiger partial charge is 0.494 e. The first kappa shape index (κ1) is 17.4. The van der Waals surface area contributed by atoms with Crippen molar-refractivity contribution >= 4 is 22.7 Å². The maximum atomic E-state index is 11.8. The van der Waals surface area contributed by atoms with Crippen LogP contribution in [0.15, 0.2) is 22.8 Å². The number of furan rings is 1. The molecule has 2 N–H and O–H groups in total. The van der Waals surface area contributed by atoms with Gasteiger partial charge in [0.25, 0.3) is 0 Å². The van der Waals surface area contributed by atoms with Gasteiger partial charge in [-0.05, 0) is 32.0 Å². The summed E-state index contributed by atoms with van der Waals surface area (Å²) in [7, 11) is 3.13. The van der Waals surface area contributed by atoms with E-state index in [1.807, 2.05) is 0 Å². The Labute approximate surface area is 147 Å². The minimum atomic E-state index is -0.331. The van der Waals surface area contributed by atoms with Gasteiger partial charge in [-0.2, -0.15) is 0 Å². The van der Waals surface area contributed by atoms with Crippen LogP contribution in [0.3, 0.4) is 0 Å². The molecular formula is C18H25N3O4. The van der Waals surface area contributed by atoms with E-state index in [9.17, 15) is 4.79 Å². The lowest BCUT2D eigenvalue weighted by Crippen LogP contribution is -2.33. The number of ether oxygens (including phenoxy) is 2. The highest BCUT2D eigenvalue weighted by molar-refractivity contribution is 6.00. The summed E-state index contributed by atoms with van der Waals surface area (Å²) in [5.74, 6) is 1.07. The van der Waals surface area contributed by atoms with E-state index in [1.54, 1.807) is 32.6 Å². The van der Waals surface area contributed by atoms with Crippen molar-refractivity contribution in [2.45, 2.75) is 19.3 Å². The molecule has 1 aromatic carbocycles. The maximum absolute atomic E-state index is 11.8. The quantitative estimate of drug-likeness (QED) is 0.840. The van der Waals surface area contributed by atoms with Crippen LogP contribution < -0.4 is 20.1 Å². The summed E-state index contributed by atoms with van der Waals surface area (Å²) in [5.41, 5.74) is 1.17. The molecule has 25 heavy (non-hydrogen) atoms. The molecule has 1 aromatic heterocycles. The van der Waals surface area contributed by atoms with Gasteiger partial charge in [-0.15, -0.1) is 0 Å². The van der Waals surface area contributed by atoms with Crippen LogP contribution >= 0.6 is 0 Å². The summed E-state index contributed by atoms with van der Waals surface area (Å²) in [6.45, 7) is 3.64. The van der Waals surface area contributed by atoms with Gasteiger partial charge in [-0.1, -0.05) is 6.42 Å². The molecule has 1 saturated heterocycles. The average molecular weight is 347 g/mol. The van der Waals surface area contributed by atoms with Gasteiger partial charge in [0.1, 0.15) is 17.9 Å². The summed E-state index contributed by atoms with van der Waals surface area (Å²) < 4.78 is 17.0. The Morgan fingerprint density at radius 1 is 1.32 bits per heavy atom. The number of carbonyl (C=O) groups is 1. The van der Waals surface area contributed by atoms with Crippen LogP contribution in [0, 0.1) is 0 Å². The number of anilines is 1. The van der Waals surface area contributed by atoms with Crippen LogP contribution in [0.2, 0.25) is 0 Å². The standard InChI is InChI=1S/C18H25N3O4/c1-19-18(22)20-16-15(25-11-9-21-7-4-3-5-8-21)12-14-13(6-10-24-14)17(16)23-2/h6,10,12H,3-5,7-9,11H2,1-2H3,(H2,19,20,22). The zero-order chi connectivity index (χ0) is 17.6. The van der Waals surface area contributed by atoms with Crippen molar-refractivity contribution in [3.63, 3.8) is 0 Å². The Bertz CT molecular complexity index is 722. The molecule has 1 fully saturated rings. The summed E-state index contributed by atoms with van der Waals surface area (Å²) in [6.07, 6.45) is 5.39. The van der Waals surface area contributed by atoms with Crippen LogP contribution in [0.1, 0.15) is 19.3 Å². The first-order valence-corrected chi connectivity index (χ1v) is 8.65. The number of amides is 2. The molecule has 0 bridgehead atoms. The molecular weight excluding hydrogens is 322 g/mol. The third-order valence-corrected chi connectivity index (χ3v) is 4.46. The van der Waals surface area contributed by atoms with E-state index >= 15 is 0 Å². The van der Waals surface area contributed by atoms with Crippen molar-refractivity contribution in [1.82, 2.24) is 10.2 Å². The summed E-state index contributed by atoms with van der Waals surface area (Å²) in [4.78, 5) is 14.2. The number of fused-ring (bicyclic) bond motifs is 1. The minimum Gasteiger partial charge on any atom is -0.494 e. The Morgan fingerprint density at radius 3 is 2.84 bits per heavy atom. The number of nitrogens with zero attached hydrogens (tertiary/aromatic N) is 1. The van der Waals surface area contributed by atoms with Crippen LogP contribution in [0.5, 0.6) is 11.5 Å². The van der Waals surface area contributed by atoms with Gasteiger partial charge >= 0.3 is 6.03 Å². The van der Waals surface area contributed by atoms with Crippen LogP contribution in [-0.2, 0) is 0 Å². The smallest absolute Gasteiger partial charge is 0.319 e. The Kier molecular flexibility index (Phi) is 5.65. The second kappa shape index (κ2) is 8.11. The van der Waals surface area contributed by atoms with Crippen molar-refractivity contribution in [3.8, 4) is 11.5 Å². The first-order valence-electron chi connectivity index (χ1n) is 8.65. The number of methoxy groups -OCH3 is 1. The number of carbonyl (C=O) groups excluding carboxylic acids is 1. The van der Waals surface area contributed by atoms with E-state index in [2.05, 4.69) is 15.5 Å². The number of hydrogen-bond donors (Lipinski definition) is 2. The molecule has 2 amide bonds. The molecule has 1 aliphatic heterocycles. The summed E-state index contributed by atoms with van der Waals surface area (Å²) >= 11 is 0. The van der Waals surface area contributed by atoms with Crippen molar-refractivity contribution < 1.29 is 18.7 Å². The lowest BCUT2D eigenvalue weighted by molar-refractivity contribution is 0.183. The lowest BCUT2D eigenvalue weighted by Gasteiger charge is -2.26. The number of hydrogen-bond acceptors (Lipinski definition) is 5. The van der Waals surface area contributed by atoms with Gasteiger partial charge in [-0.25, -0.2) is 4.79 Å². The Morgan fingerprint density at radius 2 is 2.12 bits per heavy atom. The highest BCUT2D eigenvalue weighted by Crippen LogP contribution is 2.42. The SMILES string of the molecule is CNC(=O)Nc1c(OCCN2CCCCC2)cc2occc2c1OC. The topological polar surface area (TPSA) is 76.0 Å². The Balaban J connectivity index is 1.81. The van der Waals surface area contributed by atoms with Crippen molar-refractivity contribution in [3.05, 3.63) is 18.4 Å². The monoisotopic (exact) mass is 347 g/mol. The first-order chi connectivity index (χ1) is 12.2. The number of urea groups is 1. The van der Waals surface area contributed by atoms with Crippen molar-refractivity contribution in [1.29, 1.82) is 0 Å². The van der Waals surface area contributed by atoms with E-state index in [-0.39, 0.29) is 6.03 Å². The van der Waals surface area contributed by atoms with Gasteiger partial charge in [0.2, 0.25) is 0 Å². The zero-order valence-corrected chi connectivity index (χ0v) is 14.8. The Hall–Kier alpha value is -2.41. The number of piperidine rings is 1. The molecule has 7 heteroatoms. The van der Waals surface area contributed by atoms with E-state index in [4.69, 9.17) is 13.9 Å². The molecule has 2 heterocycles. The number of rotatable bonds is 6. The number of likely N-dealkylation sites (tertiary alicyclic amines) is 1. The molecule has 0 unspecified atom stereocenters. The fourth-order valence-electron chi connectivity index (χ4n) is 3.15. The molecule has 3 rings (SSSR count). The number of benzene rings is 1. The van der Waals surface area contributed by atoms with E-state index in [0.29, 0.717) is 29.4 Å². The fourth-order valence-corrected chi connectivity index (χ4v) is 3.15. The molecule has 0 radical (unpaired) electrons. The fraction of sp³-hybridized carbons (Fsp3) is 0.500. The van der Waals surface area contributed by atoms with Gasteiger partial charge in [0.05, 0.1) is 18.8 Å². The third-order valence-electron chi connectivity index (χ3n) is 4.46. The molecule has 0 aliphatic carbocycles. The second-order valence-electron chi connectivity index (χ2n) is 6.07. The lowest BCUT2D eigenvalue weighted by atomic mass is 10.1. The van der Waals surface area contributed by atoms with Gasteiger partial charge in [0, 0.05) is 19.7 Å². The maximum Gasteiger partial charge on any atom is 0.319 e. The van der Waals surface area contributed by atoms with Crippen molar-refractivity contribution in [2.24, 2.45) is 0 Å². The van der Waals surface area contributed by atoms with Crippen LogP contribution in [0.4, 0.5) is 10.5 Å². The van der Waals surface area contributed by atoms with E-state index in [1.165, 1.54) is 19.3 Å². The molecule has 7 nitrogen and oxygen atoms in total. The normalized spacial score (nSPS) is 15.1. The third kappa shape index (κ3) is 3.99. The zero-order valence-electron chi connectivity index (χ0n) is 14.8. The predicted molar refractivity (Wildman–Crippen MR) is 96.6 cm³/mol. The minimum absolute atomic E-state index is 0.331. The van der Waals surface area contributed by atoms with Gasteiger partial charge in [-0.3, -0.25) is 4.90 Å². The summed E-state index contributed by atoms with van der Waals surface area (Å²) in [6, 6.07) is 3.27. The highest BCUT2D eigenvalue weighted by atomic mass is 16.5. The van der Waals surface area contributed by atoms with Crippen LogP contribution in [0.25, 0.3) is 11.0 Å². The highest BCUT2D eigenvalue weighted by Gasteiger charge is 2.19.